The van der Waals surface area contributed by atoms with Gasteiger partial charge in [0.2, 0.25) is 10.0 Å². The lowest BCUT2D eigenvalue weighted by Crippen LogP contribution is -2.38. The highest BCUT2D eigenvalue weighted by atomic mass is 32.2. The van der Waals surface area contributed by atoms with Crippen molar-refractivity contribution in [3.63, 3.8) is 0 Å². The van der Waals surface area contributed by atoms with E-state index in [1.54, 1.807) is 0 Å². The van der Waals surface area contributed by atoms with E-state index in [1.807, 2.05) is 0 Å². The molecule has 1 saturated heterocycles. The van der Waals surface area contributed by atoms with Crippen LogP contribution in [0.15, 0.2) is 0 Å². The molecule has 7 heteroatoms. The van der Waals surface area contributed by atoms with Gasteiger partial charge in [-0.3, -0.25) is 0 Å². The van der Waals surface area contributed by atoms with E-state index in [4.69, 9.17) is 15.2 Å². The standard InChI is InChI=1S/C10H22N2O4S/c11-4-9-15-6-1-5-12-17(13,14)10-2-7-16-8-3-10/h10,12H,1-9,11H2. The molecule has 1 aliphatic heterocycles. The molecular weight excluding hydrogens is 244 g/mol. The normalized spacial score (nSPS) is 18.4. The molecular formula is C10H22N2O4S. The van der Waals surface area contributed by atoms with Crippen LogP contribution in [0.5, 0.6) is 0 Å². The Morgan fingerprint density at radius 3 is 2.65 bits per heavy atom. The molecule has 0 unspecified atom stereocenters. The van der Waals surface area contributed by atoms with Crippen LogP contribution in [0.1, 0.15) is 19.3 Å². The summed E-state index contributed by atoms with van der Waals surface area (Å²) in [6, 6.07) is 0. The Morgan fingerprint density at radius 1 is 1.29 bits per heavy atom. The van der Waals surface area contributed by atoms with Gasteiger partial charge in [0.05, 0.1) is 11.9 Å². The van der Waals surface area contributed by atoms with Crippen molar-refractivity contribution in [2.45, 2.75) is 24.5 Å². The van der Waals surface area contributed by atoms with E-state index in [2.05, 4.69) is 4.72 Å². The van der Waals surface area contributed by atoms with Crippen molar-refractivity contribution in [1.29, 1.82) is 0 Å². The van der Waals surface area contributed by atoms with Crippen LogP contribution in [-0.2, 0) is 19.5 Å². The number of nitrogens with two attached hydrogens (primary N) is 1. The largest absolute Gasteiger partial charge is 0.381 e. The fourth-order valence-electron chi connectivity index (χ4n) is 1.68. The molecule has 1 heterocycles. The van der Waals surface area contributed by atoms with Crippen LogP contribution in [-0.4, -0.2) is 53.2 Å². The lowest BCUT2D eigenvalue weighted by molar-refractivity contribution is 0.0981. The summed E-state index contributed by atoms with van der Waals surface area (Å²) in [7, 11) is -3.19. The lowest BCUT2D eigenvalue weighted by Gasteiger charge is -2.22. The van der Waals surface area contributed by atoms with Crippen LogP contribution in [0, 0.1) is 0 Å². The third-order valence-electron chi connectivity index (χ3n) is 2.64. The minimum absolute atomic E-state index is 0.304. The maximum atomic E-state index is 11.8. The van der Waals surface area contributed by atoms with E-state index < -0.39 is 10.0 Å². The number of hydrogen-bond donors (Lipinski definition) is 2. The van der Waals surface area contributed by atoms with Crippen LogP contribution < -0.4 is 10.5 Å². The van der Waals surface area contributed by atoms with Crippen LogP contribution in [0.2, 0.25) is 0 Å². The monoisotopic (exact) mass is 266 g/mol. The van der Waals surface area contributed by atoms with Gasteiger partial charge in [-0.05, 0) is 19.3 Å². The van der Waals surface area contributed by atoms with Crippen molar-refractivity contribution in [3.8, 4) is 0 Å². The highest BCUT2D eigenvalue weighted by molar-refractivity contribution is 7.90. The number of rotatable bonds is 8. The second kappa shape index (κ2) is 7.99. The second-order valence-corrected chi connectivity index (χ2v) is 6.05. The average Bonchev–Trinajstić information content (AvgIpc) is 2.35. The Kier molecular flexibility index (Phi) is 6.98. The molecule has 6 nitrogen and oxygen atoms in total. The molecule has 0 bridgehead atoms. The summed E-state index contributed by atoms with van der Waals surface area (Å²) < 4.78 is 36.6. The van der Waals surface area contributed by atoms with Crippen LogP contribution in [0.3, 0.4) is 0 Å². The van der Waals surface area contributed by atoms with Crippen molar-refractivity contribution in [1.82, 2.24) is 4.72 Å². The third-order valence-corrected chi connectivity index (χ3v) is 4.59. The highest BCUT2D eigenvalue weighted by Gasteiger charge is 2.26. The molecule has 1 aliphatic rings. The fraction of sp³-hybridized carbons (Fsp3) is 1.00. The lowest BCUT2D eigenvalue weighted by atomic mass is 10.2. The molecule has 17 heavy (non-hydrogen) atoms. The van der Waals surface area contributed by atoms with E-state index in [-0.39, 0.29) is 5.25 Å². The molecule has 3 N–H and O–H groups in total. The Hall–Kier alpha value is -0.210. The molecule has 0 aromatic rings. The van der Waals surface area contributed by atoms with Crippen LogP contribution in [0.4, 0.5) is 0 Å². The molecule has 0 aromatic heterocycles. The van der Waals surface area contributed by atoms with Gasteiger partial charge in [-0.25, -0.2) is 13.1 Å². The highest BCUT2D eigenvalue weighted by Crippen LogP contribution is 2.14. The zero-order valence-corrected chi connectivity index (χ0v) is 10.9. The zero-order valence-electron chi connectivity index (χ0n) is 10.1. The van der Waals surface area contributed by atoms with Crippen molar-refractivity contribution in [3.05, 3.63) is 0 Å². The summed E-state index contributed by atoms with van der Waals surface area (Å²) in [6.45, 7) is 3.04. The summed E-state index contributed by atoms with van der Waals surface area (Å²) in [5.74, 6) is 0. The smallest absolute Gasteiger partial charge is 0.214 e. The number of sulfonamides is 1. The second-order valence-electron chi connectivity index (χ2n) is 4.01. The molecule has 0 radical (unpaired) electrons. The van der Waals surface area contributed by atoms with Gasteiger partial charge in [-0.15, -0.1) is 0 Å². The Bertz CT molecular complexity index is 289. The topological polar surface area (TPSA) is 90.6 Å². The van der Waals surface area contributed by atoms with E-state index in [1.165, 1.54) is 0 Å². The maximum absolute atomic E-state index is 11.8. The average molecular weight is 266 g/mol. The van der Waals surface area contributed by atoms with Crippen molar-refractivity contribution in [2.24, 2.45) is 5.73 Å². The SMILES string of the molecule is NCCOCCCNS(=O)(=O)C1CCOCC1. The first kappa shape index (κ1) is 14.8. The Labute approximate surface area is 103 Å². The van der Waals surface area contributed by atoms with Crippen LogP contribution in [0.25, 0.3) is 0 Å². The van der Waals surface area contributed by atoms with E-state index in [0.29, 0.717) is 58.8 Å². The first-order valence-electron chi connectivity index (χ1n) is 6.01. The van der Waals surface area contributed by atoms with Gasteiger partial charge in [0.15, 0.2) is 0 Å². The third kappa shape index (κ3) is 5.78. The first-order valence-corrected chi connectivity index (χ1v) is 7.55. The minimum Gasteiger partial charge on any atom is -0.381 e. The molecule has 0 saturated carbocycles. The maximum Gasteiger partial charge on any atom is 0.214 e. The van der Waals surface area contributed by atoms with Crippen molar-refractivity contribution >= 4 is 10.0 Å². The zero-order chi connectivity index (χ0) is 12.6. The molecule has 0 amide bonds. The molecule has 0 spiro atoms. The van der Waals surface area contributed by atoms with Gasteiger partial charge in [0.25, 0.3) is 0 Å². The van der Waals surface area contributed by atoms with Gasteiger partial charge >= 0.3 is 0 Å². The van der Waals surface area contributed by atoms with Gasteiger partial charge in [0.1, 0.15) is 0 Å². The number of ether oxygens (including phenoxy) is 2. The van der Waals surface area contributed by atoms with E-state index in [0.717, 1.165) is 0 Å². The van der Waals surface area contributed by atoms with Gasteiger partial charge in [-0.2, -0.15) is 0 Å². The van der Waals surface area contributed by atoms with Crippen molar-refractivity contribution < 1.29 is 17.9 Å². The predicted molar refractivity (Wildman–Crippen MR) is 65.3 cm³/mol. The summed E-state index contributed by atoms with van der Waals surface area (Å²) in [5, 5.41) is -0.304. The molecule has 102 valence electrons. The van der Waals surface area contributed by atoms with Gasteiger partial charge in [0, 0.05) is 32.9 Å². The van der Waals surface area contributed by atoms with Crippen molar-refractivity contribution in [2.75, 3.05) is 39.5 Å². The van der Waals surface area contributed by atoms with Crippen LogP contribution >= 0.6 is 0 Å². The van der Waals surface area contributed by atoms with E-state index in [9.17, 15) is 8.42 Å². The summed E-state index contributed by atoms with van der Waals surface area (Å²) in [5.41, 5.74) is 5.26. The number of hydrogen-bond acceptors (Lipinski definition) is 5. The molecule has 0 atom stereocenters. The summed E-state index contributed by atoms with van der Waals surface area (Å²) >= 11 is 0. The molecule has 1 fully saturated rings. The molecule has 0 aliphatic carbocycles. The van der Waals surface area contributed by atoms with Gasteiger partial charge < -0.3 is 15.2 Å². The Morgan fingerprint density at radius 2 is 2.00 bits per heavy atom. The minimum atomic E-state index is -3.19. The molecule has 0 aromatic carbocycles. The Balaban J connectivity index is 2.15. The number of nitrogens with one attached hydrogen (secondary N) is 1. The summed E-state index contributed by atoms with van der Waals surface area (Å²) in [6.07, 6.45) is 1.83. The quantitative estimate of drug-likeness (QED) is 0.575. The fourth-order valence-corrected chi connectivity index (χ4v) is 3.16. The predicted octanol–water partition coefficient (Wildman–Crippen LogP) is -0.550. The van der Waals surface area contributed by atoms with Gasteiger partial charge in [-0.1, -0.05) is 0 Å². The first-order chi connectivity index (χ1) is 8.17. The molecule has 1 rings (SSSR count). The summed E-state index contributed by atoms with van der Waals surface area (Å²) in [4.78, 5) is 0. The van der Waals surface area contributed by atoms with E-state index >= 15 is 0 Å².